The number of ether oxygens (including phenoxy) is 3. The van der Waals surface area contributed by atoms with Gasteiger partial charge in [0.1, 0.15) is 17.7 Å². The van der Waals surface area contributed by atoms with Crippen molar-refractivity contribution < 1.29 is 14.2 Å². The van der Waals surface area contributed by atoms with E-state index < -0.39 is 5.79 Å². The molecule has 2 heterocycles. The highest BCUT2D eigenvalue weighted by Crippen LogP contribution is 2.27. The van der Waals surface area contributed by atoms with Gasteiger partial charge >= 0.3 is 0 Å². The van der Waals surface area contributed by atoms with Crippen molar-refractivity contribution in [3.63, 3.8) is 0 Å². The molecule has 1 aliphatic rings. The molecule has 1 fully saturated rings. The second kappa shape index (κ2) is 5.50. The number of hydrogen-bond donors (Lipinski definition) is 1. The average molecular weight is 288 g/mol. The predicted molar refractivity (Wildman–Crippen MR) is 81.7 cm³/mol. The Bertz CT molecular complexity index is 642. The van der Waals surface area contributed by atoms with Crippen molar-refractivity contribution in [3.05, 3.63) is 30.5 Å². The maximum absolute atomic E-state index is 5.79. The molecule has 2 aromatic rings. The van der Waals surface area contributed by atoms with Gasteiger partial charge in [0.05, 0.1) is 13.7 Å². The van der Waals surface area contributed by atoms with Crippen LogP contribution in [0.3, 0.4) is 0 Å². The summed E-state index contributed by atoms with van der Waals surface area (Å²) >= 11 is 0. The first-order valence-electron chi connectivity index (χ1n) is 7.06. The fraction of sp³-hybridized carbons (Fsp3) is 0.438. The van der Waals surface area contributed by atoms with Gasteiger partial charge in [-0.15, -0.1) is 0 Å². The normalized spacial score (nSPS) is 20.6. The molecule has 112 valence electrons. The number of rotatable bonds is 4. The van der Waals surface area contributed by atoms with E-state index in [1.54, 1.807) is 13.3 Å². The first-order chi connectivity index (χ1) is 10.1. The van der Waals surface area contributed by atoms with Crippen molar-refractivity contribution in [2.24, 2.45) is 0 Å². The van der Waals surface area contributed by atoms with Crippen LogP contribution in [-0.4, -0.2) is 37.1 Å². The third-order valence-corrected chi connectivity index (χ3v) is 3.54. The van der Waals surface area contributed by atoms with Crippen LogP contribution in [-0.2, 0) is 9.47 Å². The number of hydrogen-bond acceptors (Lipinski definition) is 5. The minimum absolute atomic E-state index is 0.0302. The molecule has 1 unspecified atom stereocenters. The number of nitrogens with one attached hydrogen (secondary N) is 1. The van der Waals surface area contributed by atoms with Gasteiger partial charge in [-0.1, -0.05) is 6.07 Å². The zero-order valence-corrected chi connectivity index (χ0v) is 12.6. The molecule has 5 heteroatoms. The molecule has 1 aliphatic heterocycles. The number of methoxy groups -OCH3 is 1. The molecule has 1 atom stereocenters. The number of aromatic nitrogens is 1. The van der Waals surface area contributed by atoms with Gasteiger partial charge in [0.15, 0.2) is 5.79 Å². The van der Waals surface area contributed by atoms with E-state index in [2.05, 4.69) is 10.3 Å². The Morgan fingerprint density at radius 3 is 2.95 bits per heavy atom. The van der Waals surface area contributed by atoms with Gasteiger partial charge in [-0.2, -0.15) is 0 Å². The highest BCUT2D eigenvalue weighted by Gasteiger charge is 2.32. The van der Waals surface area contributed by atoms with Crippen LogP contribution in [0, 0.1) is 0 Å². The van der Waals surface area contributed by atoms with Crippen molar-refractivity contribution >= 4 is 16.6 Å². The Balaban J connectivity index is 1.77. The quantitative estimate of drug-likeness (QED) is 0.937. The molecule has 1 N–H and O–H groups in total. The van der Waals surface area contributed by atoms with Crippen LogP contribution < -0.4 is 10.1 Å². The van der Waals surface area contributed by atoms with E-state index in [-0.39, 0.29) is 6.10 Å². The summed E-state index contributed by atoms with van der Waals surface area (Å²) in [4.78, 5) is 4.42. The lowest BCUT2D eigenvalue weighted by atomic mass is 10.1. The molecule has 1 aromatic carbocycles. The molecule has 0 saturated carbocycles. The minimum atomic E-state index is -0.498. The lowest BCUT2D eigenvalue weighted by Gasteiger charge is -2.17. The largest absolute Gasteiger partial charge is 0.497 e. The van der Waals surface area contributed by atoms with E-state index in [1.807, 2.05) is 38.1 Å². The zero-order chi connectivity index (χ0) is 14.9. The lowest BCUT2D eigenvalue weighted by molar-refractivity contribution is -0.136. The lowest BCUT2D eigenvalue weighted by Crippen LogP contribution is -2.26. The van der Waals surface area contributed by atoms with E-state index in [0.29, 0.717) is 13.2 Å². The van der Waals surface area contributed by atoms with Crippen LogP contribution in [0.15, 0.2) is 30.5 Å². The monoisotopic (exact) mass is 288 g/mol. The third kappa shape index (κ3) is 3.09. The van der Waals surface area contributed by atoms with Crippen LogP contribution in [0.5, 0.6) is 5.75 Å². The predicted octanol–water partition coefficient (Wildman–Crippen LogP) is 2.81. The highest BCUT2D eigenvalue weighted by atomic mass is 16.7. The summed E-state index contributed by atoms with van der Waals surface area (Å²) in [5.41, 5.74) is 0. The first kappa shape index (κ1) is 14.1. The fourth-order valence-electron chi connectivity index (χ4n) is 2.49. The van der Waals surface area contributed by atoms with Crippen LogP contribution in [0.2, 0.25) is 0 Å². The number of pyridine rings is 1. The van der Waals surface area contributed by atoms with Crippen LogP contribution >= 0.6 is 0 Å². The molecular weight excluding hydrogens is 268 g/mol. The third-order valence-electron chi connectivity index (χ3n) is 3.54. The van der Waals surface area contributed by atoms with Crippen LogP contribution in [0.1, 0.15) is 13.8 Å². The molecular formula is C16H20N2O3. The summed E-state index contributed by atoms with van der Waals surface area (Å²) in [7, 11) is 1.66. The number of anilines is 1. The molecule has 0 aliphatic carbocycles. The second-order valence-corrected chi connectivity index (χ2v) is 5.58. The van der Waals surface area contributed by atoms with Gasteiger partial charge in [-0.05, 0) is 37.4 Å². The van der Waals surface area contributed by atoms with Gasteiger partial charge in [0.25, 0.3) is 0 Å². The molecule has 0 amide bonds. The van der Waals surface area contributed by atoms with Crippen molar-refractivity contribution in [2.45, 2.75) is 25.7 Å². The Kier molecular flexibility index (Phi) is 3.69. The SMILES string of the molecule is COc1ccc2ccnc(NCC3COC(C)(C)O3)c2c1. The van der Waals surface area contributed by atoms with Gasteiger partial charge in [-0.3, -0.25) is 0 Å². The summed E-state index contributed by atoms with van der Waals surface area (Å²) in [6.45, 7) is 5.10. The molecule has 1 aromatic heterocycles. The molecule has 21 heavy (non-hydrogen) atoms. The van der Waals surface area contributed by atoms with E-state index in [4.69, 9.17) is 14.2 Å². The fourth-order valence-corrected chi connectivity index (χ4v) is 2.49. The summed E-state index contributed by atoms with van der Waals surface area (Å²) in [6.07, 6.45) is 1.83. The Morgan fingerprint density at radius 2 is 2.24 bits per heavy atom. The topological polar surface area (TPSA) is 52.6 Å². The molecule has 1 saturated heterocycles. The minimum Gasteiger partial charge on any atom is -0.497 e. The second-order valence-electron chi connectivity index (χ2n) is 5.58. The van der Waals surface area contributed by atoms with E-state index in [9.17, 15) is 0 Å². The Hall–Kier alpha value is -1.85. The highest BCUT2D eigenvalue weighted by molar-refractivity contribution is 5.92. The van der Waals surface area contributed by atoms with Crippen molar-refractivity contribution in [1.82, 2.24) is 4.98 Å². The van der Waals surface area contributed by atoms with Gasteiger partial charge < -0.3 is 19.5 Å². The van der Waals surface area contributed by atoms with Crippen molar-refractivity contribution in [1.29, 1.82) is 0 Å². The van der Waals surface area contributed by atoms with Crippen molar-refractivity contribution in [2.75, 3.05) is 25.6 Å². The zero-order valence-electron chi connectivity index (χ0n) is 12.6. The van der Waals surface area contributed by atoms with Crippen LogP contribution in [0.25, 0.3) is 10.8 Å². The number of benzene rings is 1. The van der Waals surface area contributed by atoms with E-state index >= 15 is 0 Å². The summed E-state index contributed by atoms with van der Waals surface area (Å²) in [5.74, 6) is 1.15. The summed E-state index contributed by atoms with van der Waals surface area (Å²) in [6, 6.07) is 7.95. The Labute approximate surface area is 124 Å². The number of fused-ring (bicyclic) bond motifs is 1. The summed E-state index contributed by atoms with van der Waals surface area (Å²) in [5, 5.41) is 5.51. The smallest absolute Gasteiger partial charge is 0.163 e. The van der Waals surface area contributed by atoms with E-state index in [1.165, 1.54) is 0 Å². The van der Waals surface area contributed by atoms with Crippen molar-refractivity contribution in [3.8, 4) is 5.75 Å². The molecule has 0 radical (unpaired) electrons. The molecule has 0 bridgehead atoms. The van der Waals surface area contributed by atoms with Crippen LogP contribution in [0.4, 0.5) is 5.82 Å². The molecule has 3 rings (SSSR count). The summed E-state index contributed by atoms with van der Waals surface area (Å²) < 4.78 is 16.6. The van der Waals surface area contributed by atoms with Gasteiger partial charge in [-0.25, -0.2) is 4.98 Å². The maximum Gasteiger partial charge on any atom is 0.163 e. The standard InChI is InChI=1S/C16H20N2O3/c1-16(2)20-10-13(21-16)9-18-15-14-8-12(19-3)5-4-11(14)6-7-17-15/h4-8,13H,9-10H2,1-3H3,(H,17,18). The molecule has 0 spiro atoms. The maximum atomic E-state index is 5.79. The first-order valence-corrected chi connectivity index (χ1v) is 7.06. The Morgan fingerprint density at radius 1 is 1.38 bits per heavy atom. The average Bonchev–Trinajstić information content (AvgIpc) is 2.83. The van der Waals surface area contributed by atoms with Gasteiger partial charge in [0, 0.05) is 18.1 Å². The van der Waals surface area contributed by atoms with Gasteiger partial charge in [0.2, 0.25) is 0 Å². The molecule has 5 nitrogen and oxygen atoms in total. The number of nitrogens with zero attached hydrogens (tertiary/aromatic N) is 1. The van der Waals surface area contributed by atoms with E-state index in [0.717, 1.165) is 22.3 Å².